The van der Waals surface area contributed by atoms with Crippen LogP contribution in [0.3, 0.4) is 0 Å². The molecule has 1 amide bonds. The Morgan fingerprint density at radius 3 is 2.52 bits per heavy atom. The minimum atomic E-state index is -3.93. The molecule has 5 rings (SSSR count). The summed E-state index contributed by atoms with van der Waals surface area (Å²) in [5.74, 6) is -0.451. The fraction of sp³-hybridized carbons (Fsp3) is 0.480. The number of ether oxygens (including phenoxy) is 1. The van der Waals surface area contributed by atoms with Gasteiger partial charge >= 0.3 is 10.2 Å². The third kappa shape index (κ3) is 5.06. The van der Waals surface area contributed by atoms with E-state index in [1.54, 1.807) is 0 Å². The molecule has 2 aromatic carbocycles. The number of hydrogen-bond donors (Lipinski definition) is 1. The summed E-state index contributed by atoms with van der Waals surface area (Å²) in [6, 6.07) is 13.2. The van der Waals surface area contributed by atoms with Crippen molar-refractivity contribution in [1.82, 2.24) is 9.03 Å². The molecule has 6 nitrogen and oxygen atoms in total. The van der Waals surface area contributed by atoms with Crippen molar-refractivity contribution in [3.63, 3.8) is 0 Å². The quantitative estimate of drug-likeness (QED) is 0.626. The Bertz CT molecular complexity index is 1130. The Hall–Kier alpha value is -2.45. The maximum atomic E-state index is 14.9. The predicted molar refractivity (Wildman–Crippen MR) is 123 cm³/mol. The van der Waals surface area contributed by atoms with Crippen LogP contribution in [0.1, 0.15) is 65.9 Å². The highest BCUT2D eigenvalue weighted by Crippen LogP contribution is 2.46. The van der Waals surface area contributed by atoms with E-state index in [-0.39, 0.29) is 17.6 Å². The molecule has 0 radical (unpaired) electrons. The fourth-order valence-corrected chi connectivity index (χ4v) is 5.99. The average Bonchev–Trinajstić information content (AvgIpc) is 3.47. The van der Waals surface area contributed by atoms with E-state index in [1.165, 1.54) is 22.0 Å². The summed E-state index contributed by atoms with van der Waals surface area (Å²) >= 11 is 0. The molecular formula is C25H29FN2O4S. The minimum Gasteiger partial charge on any atom is -0.490 e. The summed E-state index contributed by atoms with van der Waals surface area (Å²) < 4.78 is 48.8. The van der Waals surface area contributed by atoms with Crippen LogP contribution in [0.15, 0.2) is 42.5 Å². The van der Waals surface area contributed by atoms with Crippen molar-refractivity contribution >= 4 is 16.1 Å². The van der Waals surface area contributed by atoms with Crippen LogP contribution >= 0.6 is 0 Å². The molecule has 0 spiro atoms. The maximum absolute atomic E-state index is 14.9. The van der Waals surface area contributed by atoms with E-state index in [2.05, 4.69) is 24.3 Å². The van der Waals surface area contributed by atoms with Gasteiger partial charge in [-0.1, -0.05) is 30.3 Å². The Morgan fingerprint density at radius 2 is 1.85 bits per heavy atom. The summed E-state index contributed by atoms with van der Waals surface area (Å²) in [6.45, 7) is 0.746. The molecule has 2 atom stereocenters. The van der Waals surface area contributed by atoms with Gasteiger partial charge in [0.2, 0.25) is 0 Å². The van der Waals surface area contributed by atoms with E-state index < -0.39 is 21.9 Å². The minimum absolute atomic E-state index is 0.0158. The molecule has 3 aliphatic rings. The molecule has 2 aliphatic carbocycles. The first-order valence-electron chi connectivity index (χ1n) is 11.8. The summed E-state index contributed by atoms with van der Waals surface area (Å²) in [7, 11) is -3.93. The Kier molecular flexibility index (Phi) is 6.14. The summed E-state index contributed by atoms with van der Waals surface area (Å²) in [6.07, 6.45) is 6.59. The second-order valence-corrected chi connectivity index (χ2v) is 11.1. The van der Waals surface area contributed by atoms with E-state index >= 15 is 0 Å². The van der Waals surface area contributed by atoms with E-state index in [4.69, 9.17) is 4.74 Å². The number of hydrogen-bond acceptors (Lipinski definition) is 4. The first-order valence-corrected chi connectivity index (χ1v) is 13.2. The molecule has 1 N–H and O–H groups in total. The summed E-state index contributed by atoms with van der Waals surface area (Å²) in [5, 5.41) is 0. The normalized spacial score (nSPS) is 23.2. The molecule has 2 saturated carbocycles. The highest BCUT2D eigenvalue weighted by molar-refractivity contribution is 7.87. The van der Waals surface area contributed by atoms with E-state index in [9.17, 15) is 17.6 Å². The second-order valence-electron chi connectivity index (χ2n) is 9.44. The van der Waals surface area contributed by atoms with Crippen molar-refractivity contribution in [3.05, 3.63) is 65.0 Å². The summed E-state index contributed by atoms with van der Waals surface area (Å²) in [4.78, 5) is 12.6. The lowest BCUT2D eigenvalue weighted by Crippen LogP contribution is -2.49. The first-order chi connectivity index (χ1) is 15.9. The lowest BCUT2D eigenvalue weighted by molar-refractivity contribution is 0.0973. The van der Waals surface area contributed by atoms with Crippen LogP contribution in [0.25, 0.3) is 0 Å². The lowest BCUT2D eigenvalue weighted by Gasteiger charge is -2.29. The number of amides is 1. The van der Waals surface area contributed by atoms with Crippen molar-refractivity contribution < 1.29 is 22.3 Å². The van der Waals surface area contributed by atoms with Crippen LogP contribution in [-0.2, 0) is 16.6 Å². The number of carbonyl (C=O) groups is 1. The number of nitrogens with one attached hydrogen (secondary N) is 1. The van der Waals surface area contributed by atoms with Gasteiger partial charge in [-0.2, -0.15) is 12.7 Å². The van der Waals surface area contributed by atoms with Gasteiger partial charge in [0.15, 0.2) is 0 Å². The number of halogens is 1. The van der Waals surface area contributed by atoms with Gasteiger partial charge in [0.05, 0.1) is 11.7 Å². The highest BCUT2D eigenvalue weighted by atomic mass is 32.2. The number of carbonyl (C=O) groups excluding carboxylic acids is 1. The zero-order valence-corrected chi connectivity index (χ0v) is 19.3. The molecule has 33 heavy (non-hydrogen) atoms. The zero-order valence-electron chi connectivity index (χ0n) is 18.5. The van der Waals surface area contributed by atoms with Crippen molar-refractivity contribution in [3.8, 4) is 5.75 Å². The Balaban J connectivity index is 1.28. The molecule has 1 saturated heterocycles. The molecule has 8 heteroatoms. The van der Waals surface area contributed by atoms with Gasteiger partial charge in [-0.05, 0) is 74.0 Å². The van der Waals surface area contributed by atoms with Gasteiger partial charge in [0.1, 0.15) is 11.6 Å². The predicted octanol–water partition coefficient (Wildman–Crippen LogP) is 4.17. The van der Waals surface area contributed by atoms with Crippen molar-refractivity contribution in [2.24, 2.45) is 5.92 Å². The van der Waals surface area contributed by atoms with E-state index in [0.717, 1.165) is 50.5 Å². The SMILES string of the molecule is O=C(NS(=O)(=O)N1CCC1)c1cc(C2CC2)c(O[C@@H]2CCC(Cc3ccccc3)C2)cc1F. The second kappa shape index (κ2) is 9.06. The standard InChI is InChI=1S/C25H29FN2O4S/c26-23-16-24(32-20-10-7-18(14-20)13-17-5-2-1-3-6-17)21(19-8-9-19)15-22(23)25(29)27-33(30,31)28-11-4-12-28/h1-3,5-6,15-16,18-20H,4,7-14H2,(H,27,29)/t18?,20-/m1/s1. The molecule has 1 aliphatic heterocycles. The van der Waals surface area contributed by atoms with Gasteiger partial charge < -0.3 is 4.74 Å². The first kappa shape index (κ1) is 22.3. The number of nitrogens with zero attached hydrogens (tertiary/aromatic N) is 1. The van der Waals surface area contributed by atoms with Crippen LogP contribution in [0.2, 0.25) is 0 Å². The van der Waals surface area contributed by atoms with Gasteiger partial charge in [0.25, 0.3) is 5.91 Å². The lowest BCUT2D eigenvalue weighted by atomic mass is 9.98. The molecule has 2 aromatic rings. The van der Waals surface area contributed by atoms with Crippen LogP contribution in [0.5, 0.6) is 5.75 Å². The largest absolute Gasteiger partial charge is 0.490 e. The van der Waals surface area contributed by atoms with Crippen molar-refractivity contribution in [2.75, 3.05) is 13.1 Å². The van der Waals surface area contributed by atoms with Gasteiger partial charge in [-0.25, -0.2) is 9.11 Å². The molecule has 3 fully saturated rings. The van der Waals surface area contributed by atoms with Gasteiger partial charge in [0, 0.05) is 19.2 Å². The molecule has 0 bridgehead atoms. The van der Waals surface area contributed by atoms with Gasteiger partial charge in [-0.3, -0.25) is 4.79 Å². The average molecular weight is 473 g/mol. The Labute approximate surface area is 194 Å². The van der Waals surface area contributed by atoms with Crippen LogP contribution in [0.4, 0.5) is 4.39 Å². The molecule has 1 unspecified atom stereocenters. The topological polar surface area (TPSA) is 75.7 Å². The molecular weight excluding hydrogens is 443 g/mol. The van der Waals surface area contributed by atoms with Gasteiger partial charge in [-0.15, -0.1) is 0 Å². The van der Waals surface area contributed by atoms with Crippen LogP contribution < -0.4 is 9.46 Å². The zero-order chi connectivity index (χ0) is 23.0. The van der Waals surface area contributed by atoms with Crippen LogP contribution in [-0.4, -0.2) is 37.8 Å². The van der Waals surface area contributed by atoms with Crippen molar-refractivity contribution in [2.45, 2.75) is 57.0 Å². The summed E-state index contributed by atoms with van der Waals surface area (Å²) in [5.41, 5.74) is 1.87. The van der Waals surface area contributed by atoms with Crippen LogP contribution in [0, 0.1) is 11.7 Å². The molecule has 0 aromatic heterocycles. The molecule has 176 valence electrons. The molecule has 1 heterocycles. The fourth-order valence-electron chi connectivity index (χ4n) is 4.77. The van der Waals surface area contributed by atoms with E-state index in [1.807, 2.05) is 10.8 Å². The Morgan fingerprint density at radius 1 is 1.09 bits per heavy atom. The monoisotopic (exact) mass is 472 g/mol. The number of rotatable bonds is 8. The van der Waals surface area contributed by atoms with E-state index in [0.29, 0.717) is 24.8 Å². The third-order valence-corrected chi connectivity index (χ3v) is 8.38. The third-order valence-electron chi connectivity index (χ3n) is 6.89. The smallest absolute Gasteiger partial charge is 0.304 e. The highest BCUT2D eigenvalue weighted by Gasteiger charge is 2.34. The number of benzene rings is 2. The maximum Gasteiger partial charge on any atom is 0.304 e. The van der Waals surface area contributed by atoms with Crippen molar-refractivity contribution in [1.29, 1.82) is 0 Å².